The highest BCUT2D eigenvalue weighted by Gasteiger charge is 2.13. The molecular weight excluding hydrogens is 449 g/mol. The lowest BCUT2D eigenvalue weighted by Crippen LogP contribution is -2.30. The standard InChI is InChI=1S/C26H52N3O4P/c27-24(30)20-15-13-11-9-7-5-3-1-2-4-6-8-10-12-14-16-21-25(31)28-22-18-17-19-23(29-34)26(32)33/h23,29H,1-22,34H2,(H2,27,30)(H,28,31)(H,32,33). The molecule has 0 spiro atoms. The van der Waals surface area contributed by atoms with Crippen molar-refractivity contribution in [2.75, 3.05) is 6.54 Å². The predicted molar refractivity (Wildman–Crippen MR) is 143 cm³/mol. The summed E-state index contributed by atoms with van der Waals surface area (Å²) in [6, 6.07) is -0.534. The van der Waals surface area contributed by atoms with Crippen LogP contribution in [0.15, 0.2) is 0 Å². The molecule has 0 aliphatic heterocycles. The zero-order chi connectivity index (χ0) is 25.3. The summed E-state index contributed by atoms with van der Waals surface area (Å²) in [6.07, 6.45) is 23.1. The van der Waals surface area contributed by atoms with E-state index in [4.69, 9.17) is 10.8 Å². The van der Waals surface area contributed by atoms with E-state index in [-0.39, 0.29) is 11.8 Å². The van der Waals surface area contributed by atoms with Crippen LogP contribution in [0.3, 0.4) is 0 Å². The molecule has 0 saturated carbocycles. The lowest BCUT2D eigenvalue weighted by atomic mass is 10.0. The smallest absolute Gasteiger partial charge is 0.320 e. The first-order valence-electron chi connectivity index (χ1n) is 13.7. The van der Waals surface area contributed by atoms with Gasteiger partial charge in [0.2, 0.25) is 11.8 Å². The molecule has 7 nitrogen and oxygen atoms in total. The summed E-state index contributed by atoms with van der Waals surface area (Å²) >= 11 is 0. The highest BCUT2D eigenvalue weighted by molar-refractivity contribution is 7.13. The molecule has 0 aromatic heterocycles. The quantitative estimate of drug-likeness (QED) is 0.0906. The minimum absolute atomic E-state index is 0.113. The van der Waals surface area contributed by atoms with Crippen LogP contribution in [-0.4, -0.2) is 35.5 Å². The zero-order valence-electron chi connectivity index (χ0n) is 21.5. The second-order valence-electron chi connectivity index (χ2n) is 9.53. The van der Waals surface area contributed by atoms with E-state index in [2.05, 4.69) is 19.8 Å². The molecule has 5 N–H and O–H groups in total. The third-order valence-corrected chi connectivity index (χ3v) is 6.72. The van der Waals surface area contributed by atoms with Gasteiger partial charge in [-0.05, 0) is 32.1 Å². The van der Waals surface area contributed by atoms with Gasteiger partial charge in [0, 0.05) is 19.4 Å². The molecular formula is C26H52N3O4P. The number of hydrogen-bond donors (Lipinski definition) is 4. The van der Waals surface area contributed by atoms with E-state index in [0.29, 0.717) is 25.8 Å². The van der Waals surface area contributed by atoms with Gasteiger partial charge in [0.1, 0.15) is 6.04 Å². The third-order valence-electron chi connectivity index (χ3n) is 6.32. The summed E-state index contributed by atoms with van der Waals surface area (Å²) < 4.78 is 0. The minimum atomic E-state index is -0.840. The molecule has 8 heteroatoms. The highest BCUT2D eigenvalue weighted by Crippen LogP contribution is 2.14. The number of aliphatic carboxylic acids is 1. The number of primary amides is 1. The van der Waals surface area contributed by atoms with Gasteiger partial charge in [0.25, 0.3) is 0 Å². The van der Waals surface area contributed by atoms with Crippen molar-refractivity contribution in [3.8, 4) is 0 Å². The van der Waals surface area contributed by atoms with Crippen LogP contribution in [0.4, 0.5) is 0 Å². The molecule has 2 unspecified atom stereocenters. The Labute approximate surface area is 210 Å². The maximum atomic E-state index is 11.9. The third kappa shape index (κ3) is 23.9. The van der Waals surface area contributed by atoms with Gasteiger partial charge >= 0.3 is 5.97 Å². The molecule has 0 saturated heterocycles. The van der Waals surface area contributed by atoms with Crippen molar-refractivity contribution in [2.24, 2.45) is 5.73 Å². The minimum Gasteiger partial charge on any atom is -0.480 e. The van der Waals surface area contributed by atoms with Crippen molar-refractivity contribution in [1.29, 1.82) is 0 Å². The Bertz CT molecular complexity index is 520. The SMILES string of the molecule is NC(=O)CCCCCCCCCCCCCCCCCCC(=O)NCCCCC(NP)C(=O)O. The molecule has 34 heavy (non-hydrogen) atoms. The van der Waals surface area contributed by atoms with Gasteiger partial charge < -0.3 is 16.2 Å². The Morgan fingerprint density at radius 1 is 0.647 bits per heavy atom. The van der Waals surface area contributed by atoms with E-state index in [1.54, 1.807) is 0 Å². The average Bonchev–Trinajstić information content (AvgIpc) is 2.80. The van der Waals surface area contributed by atoms with E-state index in [0.717, 1.165) is 38.5 Å². The number of nitrogens with two attached hydrogens (primary N) is 1. The van der Waals surface area contributed by atoms with Crippen molar-refractivity contribution in [2.45, 2.75) is 141 Å². The van der Waals surface area contributed by atoms with Crippen molar-refractivity contribution in [1.82, 2.24) is 10.4 Å². The van der Waals surface area contributed by atoms with E-state index in [9.17, 15) is 14.4 Å². The van der Waals surface area contributed by atoms with Crippen molar-refractivity contribution in [3.63, 3.8) is 0 Å². The van der Waals surface area contributed by atoms with Gasteiger partial charge in [-0.15, -0.1) is 0 Å². The first kappa shape index (κ1) is 32.8. The van der Waals surface area contributed by atoms with Gasteiger partial charge in [-0.2, -0.15) is 0 Å². The number of carbonyl (C=O) groups excluding carboxylic acids is 2. The monoisotopic (exact) mass is 501 g/mol. The van der Waals surface area contributed by atoms with Crippen LogP contribution < -0.4 is 16.1 Å². The van der Waals surface area contributed by atoms with E-state index < -0.39 is 12.0 Å². The molecule has 2 amide bonds. The molecule has 2 atom stereocenters. The normalized spacial score (nSPS) is 11.9. The number of rotatable bonds is 26. The van der Waals surface area contributed by atoms with Crippen molar-refractivity contribution < 1.29 is 19.5 Å². The fraction of sp³-hybridized carbons (Fsp3) is 0.885. The number of nitrogens with one attached hydrogen (secondary N) is 2. The van der Waals surface area contributed by atoms with Gasteiger partial charge in [-0.25, -0.2) is 0 Å². The Kier molecular flexibility index (Phi) is 24.0. The predicted octanol–water partition coefficient (Wildman–Crippen LogP) is 5.61. The fourth-order valence-electron chi connectivity index (χ4n) is 4.13. The Morgan fingerprint density at radius 3 is 1.44 bits per heavy atom. The molecule has 0 bridgehead atoms. The fourth-order valence-corrected chi connectivity index (χ4v) is 4.44. The summed E-state index contributed by atoms with van der Waals surface area (Å²) in [5.74, 6) is -0.905. The van der Waals surface area contributed by atoms with E-state index in [1.807, 2.05) is 0 Å². The lowest BCUT2D eigenvalue weighted by Gasteiger charge is -2.10. The van der Waals surface area contributed by atoms with Crippen LogP contribution in [0.25, 0.3) is 0 Å². The second kappa shape index (κ2) is 24.9. The summed E-state index contributed by atoms with van der Waals surface area (Å²) in [4.78, 5) is 33.4. The summed E-state index contributed by atoms with van der Waals surface area (Å²) in [5.41, 5.74) is 5.14. The number of amides is 2. The summed E-state index contributed by atoms with van der Waals surface area (Å²) in [5, 5.41) is 14.6. The lowest BCUT2D eigenvalue weighted by molar-refractivity contribution is -0.139. The second-order valence-corrected chi connectivity index (χ2v) is 9.86. The average molecular weight is 502 g/mol. The maximum Gasteiger partial charge on any atom is 0.320 e. The van der Waals surface area contributed by atoms with Crippen LogP contribution in [0.1, 0.15) is 135 Å². The summed E-state index contributed by atoms with van der Waals surface area (Å²) in [7, 11) is 2.25. The number of carboxylic acid groups (broad SMARTS) is 1. The maximum absolute atomic E-state index is 11.9. The Morgan fingerprint density at radius 2 is 1.06 bits per heavy atom. The van der Waals surface area contributed by atoms with Gasteiger partial charge in [-0.1, -0.05) is 99.3 Å². The number of carboxylic acids is 1. The molecule has 0 aliphatic carbocycles. The summed E-state index contributed by atoms with van der Waals surface area (Å²) in [6.45, 7) is 0.625. The molecule has 0 aromatic carbocycles. The molecule has 0 rings (SSSR count). The van der Waals surface area contributed by atoms with Gasteiger partial charge in [-0.3, -0.25) is 19.5 Å². The van der Waals surface area contributed by atoms with Crippen LogP contribution in [0.2, 0.25) is 0 Å². The van der Waals surface area contributed by atoms with Crippen molar-refractivity contribution in [3.05, 3.63) is 0 Å². The van der Waals surface area contributed by atoms with Crippen LogP contribution in [0, 0.1) is 0 Å². The van der Waals surface area contributed by atoms with E-state index >= 15 is 0 Å². The van der Waals surface area contributed by atoms with Crippen LogP contribution >= 0.6 is 9.39 Å². The van der Waals surface area contributed by atoms with Crippen LogP contribution in [0.5, 0.6) is 0 Å². The molecule has 0 aromatic rings. The number of carbonyl (C=O) groups is 3. The molecule has 200 valence electrons. The highest BCUT2D eigenvalue weighted by atomic mass is 31.0. The largest absolute Gasteiger partial charge is 0.480 e. The first-order valence-corrected chi connectivity index (χ1v) is 14.3. The zero-order valence-corrected chi connectivity index (χ0v) is 22.6. The molecule has 0 heterocycles. The Hall–Kier alpha value is -1.20. The number of hydrogen-bond acceptors (Lipinski definition) is 4. The molecule has 0 aliphatic rings. The van der Waals surface area contributed by atoms with Gasteiger partial charge in [0.05, 0.1) is 0 Å². The van der Waals surface area contributed by atoms with Crippen molar-refractivity contribution >= 4 is 27.2 Å². The van der Waals surface area contributed by atoms with Crippen LogP contribution in [-0.2, 0) is 14.4 Å². The number of unbranched alkanes of at least 4 members (excludes halogenated alkanes) is 16. The van der Waals surface area contributed by atoms with E-state index in [1.165, 1.54) is 77.0 Å². The van der Waals surface area contributed by atoms with Gasteiger partial charge in [0.15, 0.2) is 0 Å². The molecule has 0 radical (unpaired) electrons. The molecule has 0 fully saturated rings. The first-order chi connectivity index (χ1) is 16.5. The topological polar surface area (TPSA) is 122 Å². The Balaban J connectivity index is 3.24.